The van der Waals surface area contributed by atoms with Crippen LogP contribution < -0.4 is 5.32 Å². The van der Waals surface area contributed by atoms with Gasteiger partial charge in [-0.15, -0.1) is 0 Å². The van der Waals surface area contributed by atoms with E-state index in [1.54, 1.807) is 0 Å². The highest BCUT2D eigenvalue weighted by molar-refractivity contribution is 5.51. The molecule has 2 rings (SSSR count). The third kappa shape index (κ3) is 2.72. The minimum atomic E-state index is -0.584. The summed E-state index contributed by atoms with van der Waals surface area (Å²) >= 11 is 0. The smallest absolute Gasteiger partial charge is 0.274 e. The fraction of sp³-hybridized carbons (Fsp3) is 0.500. The fourth-order valence-electron chi connectivity index (χ4n) is 2.05. The highest BCUT2D eigenvalue weighted by Gasteiger charge is 2.31. The number of nitro benzene ring substituents is 1. The lowest BCUT2D eigenvalue weighted by Crippen LogP contribution is -2.33. The van der Waals surface area contributed by atoms with Crippen LogP contribution in [0.3, 0.4) is 0 Å². The summed E-state index contributed by atoms with van der Waals surface area (Å²) in [5.41, 5.74) is 0.511. The molecule has 1 aliphatic rings. The number of benzene rings is 1. The molecule has 0 atom stereocenters. The number of non-ortho nitro benzene ring substituents is 1. The van der Waals surface area contributed by atoms with Crippen LogP contribution in [0.2, 0.25) is 0 Å². The van der Waals surface area contributed by atoms with Gasteiger partial charge in [-0.3, -0.25) is 10.1 Å². The number of hydrogen-bond donors (Lipinski definition) is 1. The van der Waals surface area contributed by atoms with E-state index < -0.39 is 10.7 Å². The Morgan fingerprint density at radius 2 is 2.18 bits per heavy atom. The molecule has 0 saturated heterocycles. The van der Waals surface area contributed by atoms with E-state index in [1.165, 1.54) is 18.6 Å². The van der Waals surface area contributed by atoms with Crippen LogP contribution in [0.5, 0.6) is 0 Å². The number of nitrogens with zero attached hydrogens (tertiary/aromatic N) is 1. The van der Waals surface area contributed by atoms with Crippen molar-refractivity contribution in [2.45, 2.75) is 26.2 Å². The van der Waals surface area contributed by atoms with Crippen molar-refractivity contribution in [3.63, 3.8) is 0 Å². The highest BCUT2D eigenvalue weighted by atomic mass is 19.1. The summed E-state index contributed by atoms with van der Waals surface area (Å²) in [6, 6.07) is 3.58. The van der Waals surface area contributed by atoms with Crippen LogP contribution in [-0.2, 0) is 0 Å². The lowest BCUT2D eigenvalue weighted by atomic mass is 9.70. The molecule has 1 N–H and O–H groups in total. The maximum Gasteiger partial charge on any atom is 0.274 e. The summed E-state index contributed by atoms with van der Waals surface area (Å²) in [5.74, 6) is -0.583. The van der Waals surface area contributed by atoms with Crippen molar-refractivity contribution in [3.05, 3.63) is 34.1 Å². The molecule has 5 heteroatoms. The van der Waals surface area contributed by atoms with Gasteiger partial charge < -0.3 is 5.32 Å². The minimum Gasteiger partial charge on any atom is -0.384 e. The third-order valence-corrected chi connectivity index (χ3v) is 3.37. The number of nitro groups is 1. The highest BCUT2D eigenvalue weighted by Crippen LogP contribution is 2.40. The normalized spacial score (nSPS) is 17.3. The first-order chi connectivity index (χ1) is 7.98. The van der Waals surface area contributed by atoms with Crippen LogP contribution in [0.15, 0.2) is 18.2 Å². The number of rotatable bonds is 4. The first kappa shape index (κ1) is 11.8. The van der Waals surface area contributed by atoms with Gasteiger partial charge in [0.05, 0.1) is 11.0 Å². The van der Waals surface area contributed by atoms with Crippen LogP contribution >= 0.6 is 0 Å². The summed E-state index contributed by atoms with van der Waals surface area (Å²) in [6.07, 6.45) is 3.52. The second-order valence-corrected chi connectivity index (χ2v) is 4.97. The van der Waals surface area contributed by atoms with Gasteiger partial charge in [0.15, 0.2) is 0 Å². The number of halogens is 1. The zero-order chi connectivity index (χ0) is 12.5. The summed E-state index contributed by atoms with van der Waals surface area (Å²) in [4.78, 5) is 10.0. The number of hydrogen-bond acceptors (Lipinski definition) is 3. The zero-order valence-electron chi connectivity index (χ0n) is 9.70. The molecule has 0 amide bonds. The second-order valence-electron chi connectivity index (χ2n) is 4.97. The molecule has 17 heavy (non-hydrogen) atoms. The zero-order valence-corrected chi connectivity index (χ0v) is 9.70. The van der Waals surface area contributed by atoms with E-state index in [4.69, 9.17) is 0 Å². The molecular weight excluding hydrogens is 223 g/mol. The van der Waals surface area contributed by atoms with Crippen molar-refractivity contribution >= 4 is 11.4 Å². The van der Waals surface area contributed by atoms with Crippen molar-refractivity contribution < 1.29 is 9.31 Å². The Bertz CT molecular complexity index is 444. The third-order valence-electron chi connectivity index (χ3n) is 3.37. The Morgan fingerprint density at radius 1 is 1.47 bits per heavy atom. The summed E-state index contributed by atoms with van der Waals surface area (Å²) in [5, 5.41) is 13.7. The van der Waals surface area contributed by atoms with Gasteiger partial charge in [-0.25, -0.2) is 4.39 Å². The van der Waals surface area contributed by atoms with Gasteiger partial charge in [0.2, 0.25) is 0 Å². The standard InChI is InChI=1S/C12H15FN2O2/c1-12(3-2-4-12)8-14-10-5-9(13)6-11(7-10)15(16)17/h5-7,14H,2-4,8H2,1H3. The summed E-state index contributed by atoms with van der Waals surface area (Å²) in [7, 11) is 0. The van der Waals surface area contributed by atoms with E-state index >= 15 is 0 Å². The summed E-state index contributed by atoms with van der Waals surface area (Å²) < 4.78 is 13.2. The van der Waals surface area contributed by atoms with E-state index in [1.807, 2.05) is 0 Å². The average Bonchev–Trinajstić information content (AvgIpc) is 2.23. The molecule has 4 nitrogen and oxygen atoms in total. The molecule has 0 aliphatic heterocycles. The molecule has 0 radical (unpaired) electrons. The Balaban J connectivity index is 2.07. The van der Waals surface area contributed by atoms with Crippen LogP contribution in [0, 0.1) is 21.3 Å². The van der Waals surface area contributed by atoms with Gasteiger partial charge in [0.1, 0.15) is 5.82 Å². The van der Waals surface area contributed by atoms with Crippen molar-refractivity contribution in [3.8, 4) is 0 Å². The lowest BCUT2D eigenvalue weighted by molar-refractivity contribution is -0.385. The Labute approximate surface area is 99.0 Å². The lowest BCUT2D eigenvalue weighted by Gasteiger charge is -2.38. The van der Waals surface area contributed by atoms with Crippen molar-refractivity contribution in [1.29, 1.82) is 0 Å². The van der Waals surface area contributed by atoms with Crippen LogP contribution in [0.1, 0.15) is 26.2 Å². The van der Waals surface area contributed by atoms with Crippen LogP contribution in [-0.4, -0.2) is 11.5 Å². The SMILES string of the molecule is CC1(CNc2cc(F)cc([N+](=O)[O-])c2)CCC1. The van der Waals surface area contributed by atoms with E-state index in [-0.39, 0.29) is 11.1 Å². The van der Waals surface area contributed by atoms with Gasteiger partial charge in [0.25, 0.3) is 5.69 Å². The molecule has 0 bridgehead atoms. The summed E-state index contributed by atoms with van der Waals surface area (Å²) in [6.45, 7) is 2.89. The molecule has 0 heterocycles. The maximum atomic E-state index is 13.2. The monoisotopic (exact) mass is 238 g/mol. The Morgan fingerprint density at radius 3 is 2.71 bits per heavy atom. The van der Waals surface area contributed by atoms with Crippen LogP contribution in [0.25, 0.3) is 0 Å². The fourth-order valence-corrected chi connectivity index (χ4v) is 2.05. The van der Waals surface area contributed by atoms with Crippen LogP contribution in [0.4, 0.5) is 15.8 Å². The predicted octanol–water partition coefficient (Wildman–Crippen LogP) is 3.34. The molecule has 1 aromatic rings. The maximum absolute atomic E-state index is 13.2. The van der Waals surface area contributed by atoms with Crippen molar-refractivity contribution in [1.82, 2.24) is 0 Å². The molecule has 1 fully saturated rings. The van der Waals surface area contributed by atoms with Gasteiger partial charge in [0, 0.05) is 18.3 Å². The average molecular weight is 238 g/mol. The number of nitrogens with one attached hydrogen (secondary N) is 1. The number of anilines is 1. The second kappa shape index (κ2) is 4.31. The van der Waals surface area contributed by atoms with Gasteiger partial charge in [-0.1, -0.05) is 13.3 Å². The Hall–Kier alpha value is -1.65. The van der Waals surface area contributed by atoms with E-state index in [0.29, 0.717) is 5.69 Å². The Kier molecular flexibility index (Phi) is 3.00. The van der Waals surface area contributed by atoms with E-state index in [2.05, 4.69) is 12.2 Å². The largest absolute Gasteiger partial charge is 0.384 e. The van der Waals surface area contributed by atoms with Gasteiger partial charge in [-0.2, -0.15) is 0 Å². The van der Waals surface area contributed by atoms with Crippen molar-refractivity contribution in [2.75, 3.05) is 11.9 Å². The first-order valence-electron chi connectivity index (χ1n) is 5.67. The molecular formula is C12H15FN2O2. The van der Waals surface area contributed by atoms with Gasteiger partial charge >= 0.3 is 0 Å². The minimum absolute atomic E-state index is 0.216. The molecule has 92 valence electrons. The van der Waals surface area contributed by atoms with Crippen molar-refractivity contribution in [2.24, 2.45) is 5.41 Å². The molecule has 1 saturated carbocycles. The van der Waals surface area contributed by atoms with Gasteiger partial charge in [-0.05, 0) is 24.3 Å². The van der Waals surface area contributed by atoms with E-state index in [0.717, 1.165) is 25.5 Å². The quantitative estimate of drug-likeness (QED) is 0.646. The topological polar surface area (TPSA) is 55.2 Å². The molecule has 0 spiro atoms. The molecule has 1 aromatic carbocycles. The first-order valence-corrected chi connectivity index (χ1v) is 5.67. The van der Waals surface area contributed by atoms with E-state index in [9.17, 15) is 14.5 Å². The molecule has 0 unspecified atom stereocenters. The predicted molar refractivity (Wildman–Crippen MR) is 63.5 cm³/mol. The molecule has 1 aliphatic carbocycles. The molecule has 0 aromatic heterocycles.